The number of rotatable bonds is 4. The first-order valence-corrected chi connectivity index (χ1v) is 13.3. The number of hydrogen-bond donors (Lipinski definition) is 0. The molecule has 0 radical (unpaired) electrons. The van der Waals surface area contributed by atoms with Crippen LogP contribution in [0.25, 0.3) is 10.9 Å². The molecule has 2 fully saturated rings. The predicted molar refractivity (Wildman–Crippen MR) is 138 cm³/mol. The second-order valence-electron chi connectivity index (χ2n) is 10.5. The minimum atomic E-state index is -0.817. The molecular formula is C29H25ClFN3O4. The standard InChI is InChI=1S/C29H25ClFN3O4/c1-16-32-24(26(37-16)17-2-3-17)15-34-14-22(20-6-4-18(30)12-25(20)34)27(35)33-10-8-29(9-11-33)23-7-5-19(31)13-21(23)28(36)38-29/h4-7,12-14,17H,2-3,8-11,15H2,1H3. The van der Waals surface area contributed by atoms with Gasteiger partial charge in [0, 0.05) is 60.9 Å². The maximum atomic E-state index is 13.8. The van der Waals surface area contributed by atoms with Crippen LogP contribution < -0.4 is 0 Å². The lowest BCUT2D eigenvalue weighted by molar-refractivity contribution is -0.0389. The summed E-state index contributed by atoms with van der Waals surface area (Å²) in [6, 6.07) is 9.76. The molecule has 194 valence electrons. The molecule has 0 N–H and O–H groups in total. The zero-order chi connectivity index (χ0) is 26.2. The van der Waals surface area contributed by atoms with Crippen molar-refractivity contribution in [3.05, 3.63) is 87.5 Å². The Morgan fingerprint density at radius 1 is 1.18 bits per heavy atom. The first-order valence-electron chi connectivity index (χ1n) is 12.9. The van der Waals surface area contributed by atoms with Crippen molar-refractivity contribution >= 4 is 34.4 Å². The van der Waals surface area contributed by atoms with Gasteiger partial charge in [-0.15, -0.1) is 0 Å². The molecule has 7 rings (SSSR count). The maximum absolute atomic E-state index is 13.8. The second-order valence-corrected chi connectivity index (χ2v) is 11.0. The smallest absolute Gasteiger partial charge is 0.339 e. The van der Waals surface area contributed by atoms with E-state index in [0.29, 0.717) is 60.4 Å². The highest BCUT2D eigenvalue weighted by Crippen LogP contribution is 2.45. The summed E-state index contributed by atoms with van der Waals surface area (Å²) in [5.41, 5.74) is 2.50. The quantitative estimate of drug-likeness (QED) is 0.303. The van der Waals surface area contributed by atoms with E-state index in [4.69, 9.17) is 20.8 Å². The van der Waals surface area contributed by atoms with Crippen molar-refractivity contribution in [2.45, 2.75) is 50.7 Å². The molecule has 2 aromatic carbocycles. The van der Waals surface area contributed by atoms with Crippen LogP contribution in [0.5, 0.6) is 0 Å². The van der Waals surface area contributed by atoms with Gasteiger partial charge in [-0.05, 0) is 37.1 Å². The summed E-state index contributed by atoms with van der Waals surface area (Å²) in [5.74, 6) is 0.941. The molecular weight excluding hydrogens is 509 g/mol. The number of fused-ring (bicyclic) bond motifs is 3. The zero-order valence-corrected chi connectivity index (χ0v) is 21.6. The largest absolute Gasteiger partial charge is 0.450 e. The molecule has 7 nitrogen and oxygen atoms in total. The fourth-order valence-electron chi connectivity index (χ4n) is 5.97. The van der Waals surface area contributed by atoms with Crippen molar-refractivity contribution in [2.24, 2.45) is 0 Å². The van der Waals surface area contributed by atoms with Gasteiger partial charge in [-0.1, -0.05) is 23.7 Å². The number of aryl methyl sites for hydroxylation is 1. The number of carbonyl (C=O) groups is 2. The normalized spacial score (nSPS) is 18.3. The van der Waals surface area contributed by atoms with E-state index in [2.05, 4.69) is 4.98 Å². The van der Waals surface area contributed by atoms with Crippen LogP contribution in [0.1, 0.15) is 75.2 Å². The van der Waals surface area contributed by atoms with Gasteiger partial charge in [0.2, 0.25) is 0 Å². The lowest BCUT2D eigenvalue weighted by atomic mass is 9.83. The summed E-state index contributed by atoms with van der Waals surface area (Å²) in [6.07, 6.45) is 5.00. The van der Waals surface area contributed by atoms with Crippen LogP contribution in [0.4, 0.5) is 4.39 Å². The van der Waals surface area contributed by atoms with Crippen molar-refractivity contribution in [3.8, 4) is 0 Å². The molecule has 2 aromatic heterocycles. The van der Waals surface area contributed by atoms with Crippen LogP contribution in [-0.4, -0.2) is 39.4 Å². The van der Waals surface area contributed by atoms with Crippen LogP contribution in [0.3, 0.4) is 0 Å². The molecule has 3 aliphatic rings. The van der Waals surface area contributed by atoms with Crippen LogP contribution in [0.15, 0.2) is 47.0 Å². The number of amides is 1. The van der Waals surface area contributed by atoms with E-state index in [0.717, 1.165) is 35.2 Å². The topological polar surface area (TPSA) is 77.6 Å². The first kappa shape index (κ1) is 23.5. The highest BCUT2D eigenvalue weighted by atomic mass is 35.5. The third kappa shape index (κ3) is 3.73. The van der Waals surface area contributed by atoms with Crippen molar-refractivity contribution < 1.29 is 23.1 Å². The highest BCUT2D eigenvalue weighted by molar-refractivity contribution is 6.31. The van der Waals surface area contributed by atoms with E-state index >= 15 is 0 Å². The molecule has 9 heteroatoms. The summed E-state index contributed by atoms with van der Waals surface area (Å²) in [7, 11) is 0. The van der Waals surface area contributed by atoms with Gasteiger partial charge >= 0.3 is 5.97 Å². The fourth-order valence-corrected chi connectivity index (χ4v) is 6.14. The molecule has 38 heavy (non-hydrogen) atoms. The fraction of sp³-hybridized carbons (Fsp3) is 0.345. The summed E-state index contributed by atoms with van der Waals surface area (Å²) in [4.78, 5) is 32.7. The molecule has 0 atom stereocenters. The minimum Gasteiger partial charge on any atom is -0.450 e. The first-order chi connectivity index (χ1) is 18.3. The Hall–Kier alpha value is -3.65. The van der Waals surface area contributed by atoms with E-state index in [1.54, 1.807) is 17.0 Å². The van der Waals surface area contributed by atoms with Gasteiger partial charge in [0.05, 0.1) is 23.2 Å². The van der Waals surface area contributed by atoms with Crippen LogP contribution in [0, 0.1) is 12.7 Å². The van der Waals surface area contributed by atoms with E-state index in [1.165, 1.54) is 12.1 Å². The van der Waals surface area contributed by atoms with Gasteiger partial charge in [-0.25, -0.2) is 14.2 Å². The molecule has 1 saturated heterocycles. The number of ether oxygens (including phenoxy) is 1. The number of hydrogen-bond acceptors (Lipinski definition) is 5. The van der Waals surface area contributed by atoms with Crippen molar-refractivity contribution in [2.75, 3.05) is 13.1 Å². The van der Waals surface area contributed by atoms with Crippen LogP contribution in [0.2, 0.25) is 5.02 Å². The van der Waals surface area contributed by atoms with E-state index in [-0.39, 0.29) is 11.5 Å². The monoisotopic (exact) mass is 533 g/mol. The number of oxazole rings is 1. The Labute approximate surface area is 223 Å². The molecule has 4 heterocycles. The molecule has 2 aliphatic heterocycles. The number of halogens is 2. The summed E-state index contributed by atoms with van der Waals surface area (Å²) in [5, 5.41) is 1.41. The maximum Gasteiger partial charge on any atom is 0.339 e. The van der Waals surface area contributed by atoms with Crippen molar-refractivity contribution in [3.63, 3.8) is 0 Å². The van der Waals surface area contributed by atoms with Gasteiger partial charge in [0.15, 0.2) is 5.89 Å². The number of benzene rings is 2. The van der Waals surface area contributed by atoms with Gasteiger partial charge in [-0.3, -0.25) is 4.79 Å². The molecule has 1 saturated carbocycles. The Morgan fingerprint density at radius 3 is 2.74 bits per heavy atom. The number of nitrogens with zero attached hydrogens (tertiary/aromatic N) is 3. The van der Waals surface area contributed by atoms with E-state index in [1.807, 2.05) is 29.8 Å². The summed E-state index contributed by atoms with van der Waals surface area (Å²) >= 11 is 6.35. The Kier molecular flexibility index (Phi) is 5.20. The van der Waals surface area contributed by atoms with Gasteiger partial charge < -0.3 is 18.6 Å². The summed E-state index contributed by atoms with van der Waals surface area (Å²) in [6.45, 7) is 3.17. The van der Waals surface area contributed by atoms with Gasteiger partial charge in [-0.2, -0.15) is 0 Å². The number of esters is 1. The van der Waals surface area contributed by atoms with Crippen LogP contribution >= 0.6 is 11.6 Å². The number of aromatic nitrogens is 2. The average Bonchev–Trinajstić information content (AvgIpc) is 3.52. The molecule has 0 unspecified atom stereocenters. The Morgan fingerprint density at radius 2 is 1.97 bits per heavy atom. The Bertz CT molecular complexity index is 1630. The van der Waals surface area contributed by atoms with Crippen molar-refractivity contribution in [1.29, 1.82) is 0 Å². The predicted octanol–water partition coefficient (Wildman–Crippen LogP) is 5.96. The molecule has 1 amide bonds. The minimum absolute atomic E-state index is 0.0895. The number of likely N-dealkylation sites (tertiary alicyclic amines) is 1. The van der Waals surface area contributed by atoms with Crippen molar-refractivity contribution in [1.82, 2.24) is 14.5 Å². The Balaban J connectivity index is 1.17. The SMILES string of the molecule is Cc1nc(Cn2cc(C(=O)N3CCC4(CC3)OC(=O)c3cc(F)ccc34)c3ccc(Cl)cc32)c(C2CC2)o1. The summed E-state index contributed by atoms with van der Waals surface area (Å²) < 4.78 is 27.4. The second kappa shape index (κ2) is 8.43. The van der Waals surface area contributed by atoms with E-state index < -0.39 is 17.4 Å². The molecule has 1 spiro atoms. The van der Waals surface area contributed by atoms with E-state index in [9.17, 15) is 14.0 Å². The van der Waals surface area contributed by atoms with Gasteiger partial charge in [0.1, 0.15) is 22.9 Å². The van der Waals surface area contributed by atoms with Crippen LogP contribution in [-0.2, 0) is 16.9 Å². The number of piperidine rings is 1. The lowest BCUT2D eigenvalue weighted by Crippen LogP contribution is -2.45. The highest BCUT2D eigenvalue weighted by Gasteiger charge is 2.48. The average molecular weight is 534 g/mol. The number of carbonyl (C=O) groups excluding carboxylic acids is 2. The molecule has 0 bridgehead atoms. The molecule has 4 aromatic rings. The van der Waals surface area contributed by atoms with Gasteiger partial charge in [0.25, 0.3) is 5.91 Å². The third-order valence-electron chi connectivity index (χ3n) is 8.02. The third-order valence-corrected chi connectivity index (χ3v) is 8.25. The lowest BCUT2D eigenvalue weighted by Gasteiger charge is -2.38. The molecule has 1 aliphatic carbocycles. The zero-order valence-electron chi connectivity index (χ0n) is 20.8.